The van der Waals surface area contributed by atoms with Crippen molar-refractivity contribution in [3.63, 3.8) is 0 Å². The molecule has 0 spiro atoms. The van der Waals surface area contributed by atoms with Crippen LogP contribution in [0.2, 0.25) is 19.6 Å². The van der Waals surface area contributed by atoms with Crippen LogP contribution in [0.15, 0.2) is 36.4 Å². The minimum absolute atomic E-state index is 0.0370. The summed E-state index contributed by atoms with van der Waals surface area (Å²) in [6.45, 7) is 13.1. The molecular formula is C30H43N9O4Si. The van der Waals surface area contributed by atoms with E-state index >= 15 is 0 Å². The molecule has 44 heavy (non-hydrogen) atoms. The molecule has 3 aromatic rings. The molecule has 3 aliphatic rings. The standard InChI is InChI=1S/C30H43N9O4Si/c1-44(2,3)30-29-26-9-5-8-24(32-26)19-36-12-16-37(21-27(40)41)14-10-35(11-15-38(17-13-36)22-28(42)43)18-23-6-4-7-25(31-23)20-39(29)34-33-30/h4-9H,10-22H2,1-3H3,(H,40,41)(H,42,43). The van der Waals surface area contributed by atoms with Crippen LogP contribution in [0, 0.1) is 0 Å². The summed E-state index contributed by atoms with van der Waals surface area (Å²) in [5, 5.41) is 29.6. The zero-order valence-electron chi connectivity index (χ0n) is 25.9. The number of pyridine rings is 2. The zero-order valence-corrected chi connectivity index (χ0v) is 26.9. The normalized spacial score (nSPS) is 20.9. The van der Waals surface area contributed by atoms with Crippen molar-refractivity contribution in [2.45, 2.75) is 39.3 Å². The van der Waals surface area contributed by atoms with Crippen LogP contribution in [0.25, 0.3) is 11.4 Å². The van der Waals surface area contributed by atoms with Crippen LogP contribution in [-0.4, -0.2) is 140 Å². The van der Waals surface area contributed by atoms with Gasteiger partial charge in [-0.2, -0.15) is 0 Å². The van der Waals surface area contributed by atoms with Crippen LogP contribution in [0.4, 0.5) is 0 Å². The van der Waals surface area contributed by atoms with Gasteiger partial charge in [0.25, 0.3) is 0 Å². The molecule has 0 aromatic carbocycles. The molecule has 236 valence electrons. The number of aliphatic carboxylic acids is 2. The second-order valence-corrected chi connectivity index (χ2v) is 17.7. The van der Waals surface area contributed by atoms with Gasteiger partial charge in [-0.05, 0) is 24.3 Å². The lowest BCUT2D eigenvalue weighted by Crippen LogP contribution is -2.47. The van der Waals surface area contributed by atoms with Gasteiger partial charge in [-0.25, -0.2) is 9.67 Å². The maximum absolute atomic E-state index is 11.8. The number of fused-ring (bicyclic) bond motifs is 8. The Bertz CT molecular complexity index is 1430. The van der Waals surface area contributed by atoms with Crippen LogP contribution in [-0.2, 0) is 29.2 Å². The monoisotopic (exact) mass is 621 g/mol. The van der Waals surface area contributed by atoms with E-state index in [0.717, 1.165) is 33.8 Å². The van der Waals surface area contributed by atoms with Gasteiger partial charge in [-0.3, -0.25) is 34.2 Å². The van der Waals surface area contributed by atoms with Gasteiger partial charge in [0.05, 0.1) is 47.7 Å². The highest BCUT2D eigenvalue weighted by Gasteiger charge is 2.29. The van der Waals surface area contributed by atoms with Crippen molar-refractivity contribution < 1.29 is 19.8 Å². The van der Waals surface area contributed by atoms with Crippen molar-refractivity contribution in [3.8, 4) is 11.4 Å². The summed E-state index contributed by atoms with van der Waals surface area (Å²) >= 11 is 0. The summed E-state index contributed by atoms with van der Waals surface area (Å²) in [5.41, 5.74) is 4.37. The number of rotatable bonds is 5. The first-order valence-corrected chi connectivity index (χ1v) is 18.7. The first kappa shape index (κ1) is 31.8. The average molecular weight is 622 g/mol. The quantitative estimate of drug-likeness (QED) is 0.388. The molecule has 6 heterocycles. The van der Waals surface area contributed by atoms with Gasteiger partial charge in [0.1, 0.15) is 13.8 Å². The fourth-order valence-electron chi connectivity index (χ4n) is 5.79. The smallest absolute Gasteiger partial charge is 0.317 e. The molecule has 0 radical (unpaired) electrons. The van der Waals surface area contributed by atoms with E-state index in [9.17, 15) is 19.8 Å². The lowest BCUT2D eigenvalue weighted by Gasteiger charge is -2.33. The molecule has 0 atom stereocenters. The van der Waals surface area contributed by atoms with Gasteiger partial charge in [-0.15, -0.1) is 5.10 Å². The third kappa shape index (κ3) is 8.54. The lowest BCUT2D eigenvalue weighted by atomic mass is 10.2. The summed E-state index contributed by atoms with van der Waals surface area (Å²) in [6, 6.07) is 12.0. The minimum atomic E-state index is -1.88. The molecule has 1 fully saturated rings. The van der Waals surface area contributed by atoms with Crippen molar-refractivity contribution in [3.05, 3.63) is 53.5 Å². The van der Waals surface area contributed by atoms with Crippen LogP contribution in [0.5, 0.6) is 0 Å². The molecular weight excluding hydrogens is 578 g/mol. The van der Waals surface area contributed by atoms with E-state index in [1.165, 1.54) is 0 Å². The van der Waals surface area contributed by atoms with Crippen LogP contribution in [0.1, 0.15) is 17.1 Å². The second kappa shape index (κ2) is 14.0. The lowest BCUT2D eigenvalue weighted by molar-refractivity contribution is -0.139. The average Bonchev–Trinajstić information content (AvgIpc) is 3.38. The molecule has 14 heteroatoms. The molecule has 0 amide bonds. The third-order valence-corrected chi connectivity index (χ3v) is 9.85. The van der Waals surface area contributed by atoms with Gasteiger partial charge in [0, 0.05) is 65.4 Å². The number of carboxylic acids is 2. The molecule has 2 N–H and O–H groups in total. The molecule has 0 aliphatic carbocycles. The Morgan fingerprint density at radius 1 is 0.705 bits per heavy atom. The predicted molar refractivity (Wildman–Crippen MR) is 168 cm³/mol. The van der Waals surface area contributed by atoms with E-state index in [1.54, 1.807) is 0 Å². The van der Waals surface area contributed by atoms with Crippen LogP contribution in [0.3, 0.4) is 0 Å². The number of carbonyl (C=O) groups is 2. The Labute approximate surface area is 259 Å². The molecule has 3 aromatic heterocycles. The number of hydrogen-bond donors (Lipinski definition) is 2. The van der Waals surface area contributed by atoms with Gasteiger partial charge in [-0.1, -0.05) is 37.0 Å². The van der Waals surface area contributed by atoms with Gasteiger partial charge >= 0.3 is 11.9 Å². The molecule has 13 nitrogen and oxygen atoms in total. The second-order valence-electron chi connectivity index (χ2n) is 12.7. The highest BCUT2D eigenvalue weighted by atomic mass is 28.3. The van der Waals surface area contributed by atoms with Crippen molar-refractivity contribution in [2.75, 3.05) is 65.4 Å². The Morgan fingerprint density at radius 2 is 1.18 bits per heavy atom. The molecule has 6 rings (SSSR count). The SMILES string of the molecule is C[Si](C)(C)c1nnn2c1-c1cccc(n1)CN1CCN(CC(=O)O)CCN(CCN(CC(=O)O)CC1)Cc1cccc(n1)C2. The summed E-state index contributed by atoms with van der Waals surface area (Å²) < 4.78 is 1.93. The highest BCUT2D eigenvalue weighted by molar-refractivity contribution is 6.89. The van der Waals surface area contributed by atoms with Gasteiger partial charge in [0.2, 0.25) is 0 Å². The van der Waals surface area contributed by atoms with Gasteiger partial charge in [0.15, 0.2) is 0 Å². The van der Waals surface area contributed by atoms with Crippen molar-refractivity contribution in [2.24, 2.45) is 0 Å². The molecule has 1 saturated heterocycles. The summed E-state index contributed by atoms with van der Waals surface area (Å²) in [7, 11) is -1.88. The topological polar surface area (TPSA) is 144 Å². The largest absolute Gasteiger partial charge is 0.480 e. The van der Waals surface area contributed by atoms with Crippen molar-refractivity contribution in [1.29, 1.82) is 0 Å². The summed E-state index contributed by atoms with van der Waals surface area (Å²) in [6.07, 6.45) is 0. The fourth-order valence-corrected chi connectivity index (χ4v) is 7.10. The summed E-state index contributed by atoms with van der Waals surface area (Å²) in [4.78, 5) is 42.1. The minimum Gasteiger partial charge on any atom is -0.480 e. The zero-order chi connectivity index (χ0) is 31.3. The van der Waals surface area contributed by atoms with Crippen molar-refractivity contribution in [1.82, 2.24) is 44.6 Å². The maximum atomic E-state index is 11.8. The Balaban J connectivity index is 1.60. The third-order valence-electron chi connectivity index (χ3n) is 8.09. The van der Waals surface area contributed by atoms with E-state index in [4.69, 9.17) is 9.97 Å². The molecule has 0 saturated carbocycles. The molecule has 0 unspecified atom stereocenters. The van der Waals surface area contributed by atoms with E-state index in [0.29, 0.717) is 72.0 Å². The molecule has 3 aliphatic heterocycles. The highest BCUT2D eigenvalue weighted by Crippen LogP contribution is 2.20. The van der Waals surface area contributed by atoms with Crippen LogP contribution < -0.4 is 5.32 Å². The van der Waals surface area contributed by atoms with E-state index < -0.39 is 20.0 Å². The van der Waals surface area contributed by atoms with E-state index in [1.807, 2.05) is 50.9 Å². The Hall–Kier alpha value is -3.56. The maximum Gasteiger partial charge on any atom is 0.317 e. The van der Waals surface area contributed by atoms with E-state index in [-0.39, 0.29) is 13.1 Å². The number of carboxylic acid groups (broad SMARTS) is 2. The number of hydrogen-bond acceptors (Lipinski definition) is 10. The predicted octanol–water partition coefficient (Wildman–Crippen LogP) is 0.733. The fraction of sp³-hybridized carbons (Fsp3) is 0.533. The number of aromatic nitrogens is 5. The van der Waals surface area contributed by atoms with Crippen LogP contribution >= 0.6 is 0 Å². The first-order chi connectivity index (χ1) is 21.0. The Kier molecular flexibility index (Phi) is 10.2. The Morgan fingerprint density at radius 3 is 1.68 bits per heavy atom. The van der Waals surface area contributed by atoms with Gasteiger partial charge < -0.3 is 10.2 Å². The van der Waals surface area contributed by atoms with Crippen molar-refractivity contribution >= 4 is 25.3 Å². The molecule has 6 bridgehead atoms. The van der Waals surface area contributed by atoms with E-state index in [2.05, 4.69) is 39.8 Å². The first-order valence-electron chi connectivity index (χ1n) is 15.2. The number of nitrogens with zero attached hydrogens (tertiary/aromatic N) is 9. The summed E-state index contributed by atoms with van der Waals surface area (Å²) in [5.74, 6) is -1.70.